The first kappa shape index (κ1) is 20.5. The van der Waals surface area contributed by atoms with Crippen LogP contribution >= 0.6 is 11.8 Å². The van der Waals surface area contributed by atoms with Crippen molar-refractivity contribution < 1.29 is 4.79 Å². The predicted molar refractivity (Wildman–Crippen MR) is 122 cm³/mol. The molecule has 156 valence electrons. The second-order valence-electron chi connectivity index (χ2n) is 7.56. The van der Waals surface area contributed by atoms with Crippen molar-refractivity contribution in [2.75, 3.05) is 10.7 Å². The first-order valence-corrected chi connectivity index (χ1v) is 11.2. The number of anilines is 1. The van der Waals surface area contributed by atoms with Crippen molar-refractivity contribution in [3.63, 3.8) is 0 Å². The highest BCUT2D eigenvalue weighted by atomic mass is 32.2. The Morgan fingerprint density at radius 1 is 1.10 bits per heavy atom. The molecule has 0 unspecified atom stereocenters. The summed E-state index contributed by atoms with van der Waals surface area (Å²) < 4.78 is 1.92. The van der Waals surface area contributed by atoms with Gasteiger partial charge in [0.05, 0.1) is 6.04 Å². The van der Waals surface area contributed by atoms with Crippen molar-refractivity contribution in [2.45, 2.75) is 57.0 Å². The first-order chi connectivity index (χ1) is 14.5. The SMILES string of the molecule is CCc1ccc([C@H]2Nn3c(CC)nnc3S[C@@H]2C(=O)Nc2cccc(C)c2C)cc1. The van der Waals surface area contributed by atoms with Gasteiger partial charge in [-0.3, -0.25) is 4.79 Å². The number of hydrogen-bond acceptors (Lipinski definition) is 5. The van der Waals surface area contributed by atoms with E-state index >= 15 is 0 Å². The van der Waals surface area contributed by atoms with E-state index in [1.165, 1.54) is 17.3 Å². The van der Waals surface area contributed by atoms with Crippen molar-refractivity contribution in [2.24, 2.45) is 0 Å². The molecule has 2 atom stereocenters. The molecule has 0 radical (unpaired) electrons. The molecule has 0 aliphatic carbocycles. The van der Waals surface area contributed by atoms with Gasteiger partial charge >= 0.3 is 0 Å². The van der Waals surface area contributed by atoms with Gasteiger partial charge < -0.3 is 10.7 Å². The Morgan fingerprint density at radius 3 is 2.57 bits per heavy atom. The molecule has 1 aliphatic heterocycles. The van der Waals surface area contributed by atoms with E-state index in [4.69, 9.17) is 0 Å². The van der Waals surface area contributed by atoms with Gasteiger partial charge in [-0.1, -0.05) is 62.0 Å². The van der Waals surface area contributed by atoms with Gasteiger partial charge in [-0.05, 0) is 48.6 Å². The van der Waals surface area contributed by atoms with Crippen LogP contribution in [-0.2, 0) is 17.6 Å². The van der Waals surface area contributed by atoms with E-state index in [9.17, 15) is 4.79 Å². The lowest BCUT2D eigenvalue weighted by Crippen LogP contribution is -2.41. The normalized spacial score (nSPS) is 17.9. The lowest BCUT2D eigenvalue weighted by molar-refractivity contribution is -0.116. The lowest BCUT2D eigenvalue weighted by atomic mass is 10.0. The zero-order valence-electron chi connectivity index (χ0n) is 17.8. The highest BCUT2D eigenvalue weighted by Gasteiger charge is 2.37. The third-order valence-electron chi connectivity index (χ3n) is 5.69. The molecule has 0 bridgehead atoms. The summed E-state index contributed by atoms with van der Waals surface area (Å²) in [6, 6.07) is 14.2. The Kier molecular flexibility index (Phi) is 5.81. The van der Waals surface area contributed by atoms with Gasteiger partial charge in [0.2, 0.25) is 11.1 Å². The minimum absolute atomic E-state index is 0.0435. The maximum absolute atomic E-state index is 13.4. The van der Waals surface area contributed by atoms with Crippen LogP contribution in [0, 0.1) is 13.8 Å². The number of thioether (sulfide) groups is 1. The molecular formula is C23H27N5OS. The third kappa shape index (κ3) is 3.81. The molecule has 2 heterocycles. The standard InChI is InChI=1S/C23H27N5OS/c1-5-16-10-12-17(13-11-16)20-21(30-23-26-25-19(6-2)28(23)27-20)22(29)24-18-9-7-8-14(3)15(18)4/h7-13,20-21,27H,5-6H2,1-4H3,(H,24,29)/t20-,21+/m1/s1. The Balaban J connectivity index is 1.68. The fourth-order valence-electron chi connectivity index (χ4n) is 3.63. The molecule has 0 saturated heterocycles. The second kappa shape index (κ2) is 8.52. The number of aromatic nitrogens is 3. The summed E-state index contributed by atoms with van der Waals surface area (Å²) in [4.78, 5) is 13.4. The summed E-state index contributed by atoms with van der Waals surface area (Å²) in [6.07, 6.45) is 1.75. The number of amides is 1. The number of carbonyl (C=O) groups excluding carboxylic acids is 1. The largest absolute Gasteiger partial charge is 0.325 e. The van der Waals surface area contributed by atoms with Crippen LogP contribution in [0.3, 0.4) is 0 Å². The van der Waals surface area contributed by atoms with Crippen LogP contribution in [0.25, 0.3) is 0 Å². The van der Waals surface area contributed by atoms with Crippen LogP contribution in [0.2, 0.25) is 0 Å². The highest BCUT2D eigenvalue weighted by molar-refractivity contribution is 8.00. The summed E-state index contributed by atoms with van der Waals surface area (Å²) in [7, 11) is 0. The van der Waals surface area contributed by atoms with E-state index in [1.807, 2.05) is 30.7 Å². The van der Waals surface area contributed by atoms with Crippen molar-refractivity contribution in [3.05, 3.63) is 70.5 Å². The van der Waals surface area contributed by atoms with Crippen LogP contribution in [0.1, 0.15) is 48.0 Å². The molecule has 3 aromatic rings. The number of hydrogen-bond donors (Lipinski definition) is 2. The lowest BCUT2D eigenvalue weighted by Gasteiger charge is -2.33. The topological polar surface area (TPSA) is 71.8 Å². The van der Waals surface area contributed by atoms with Gasteiger partial charge in [0.15, 0.2) is 5.82 Å². The third-order valence-corrected chi connectivity index (χ3v) is 6.90. The molecule has 4 rings (SSSR count). The van der Waals surface area contributed by atoms with E-state index in [0.717, 1.165) is 46.2 Å². The van der Waals surface area contributed by atoms with E-state index in [2.05, 4.69) is 65.1 Å². The number of nitrogens with zero attached hydrogens (tertiary/aromatic N) is 3. The van der Waals surface area contributed by atoms with Gasteiger partial charge in [0.1, 0.15) is 5.25 Å². The van der Waals surface area contributed by atoms with Gasteiger partial charge in [-0.2, -0.15) is 0 Å². The van der Waals surface area contributed by atoms with Crippen LogP contribution < -0.4 is 10.7 Å². The zero-order valence-corrected chi connectivity index (χ0v) is 18.6. The summed E-state index contributed by atoms with van der Waals surface area (Å²) in [5, 5.41) is 12.0. The van der Waals surface area contributed by atoms with Gasteiger partial charge in [0, 0.05) is 12.1 Å². The Bertz CT molecular complexity index is 1060. The van der Waals surface area contributed by atoms with E-state index < -0.39 is 0 Å². The number of nitrogens with one attached hydrogen (secondary N) is 2. The number of rotatable bonds is 5. The average Bonchev–Trinajstić information content (AvgIpc) is 3.18. The van der Waals surface area contributed by atoms with Crippen molar-refractivity contribution in [1.29, 1.82) is 0 Å². The quantitative estimate of drug-likeness (QED) is 0.638. The monoisotopic (exact) mass is 421 g/mol. The number of benzene rings is 2. The van der Waals surface area contributed by atoms with Gasteiger partial charge in [-0.25, -0.2) is 4.68 Å². The molecule has 1 aliphatic rings. The minimum atomic E-state index is -0.376. The fourth-order valence-corrected chi connectivity index (χ4v) is 4.73. The minimum Gasteiger partial charge on any atom is -0.325 e. The molecule has 0 spiro atoms. The highest BCUT2D eigenvalue weighted by Crippen LogP contribution is 2.38. The summed E-state index contributed by atoms with van der Waals surface area (Å²) >= 11 is 1.46. The Hall–Kier alpha value is -2.80. The van der Waals surface area contributed by atoms with E-state index in [1.54, 1.807) is 0 Å². The second-order valence-corrected chi connectivity index (χ2v) is 8.67. The molecule has 7 heteroatoms. The molecule has 0 fully saturated rings. The zero-order chi connectivity index (χ0) is 21.3. The molecule has 30 heavy (non-hydrogen) atoms. The number of fused-ring (bicyclic) bond motifs is 1. The fraction of sp³-hybridized carbons (Fsp3) is 0.348. The first-order valence-electron chi connectivity index (χ1n) is 10.3. The maximum Gasteiger partial charge on any atom is 0.240 e. The van der Waals surface area contributed by atoms with Crippen LogP contribution in [0.15, 0.2) is 47.6 Å². The maximum atomic E-state index is 13.4. The predicted octanol–water partition coefficient (Wildman–Crippen LogP) is 4.42. The van der Waals surface area contributed by atoms with Crippen molar-refractivity contribution >= 4 is 23.4 Å². The number of aryl methyl sites for hydroxylation is 3. The summed E-state index contributed by atoms with van der Waals surface area (Å²) in [5.41, 5.74) is 8.94. The average molecular weight is 422 g/mol. The van der Waals surface area contributed by atoms with Crippen molar-refractivity contribution in [3.8, 4) is 0 Å². The van der Waals surface area contributed by atoms with Gasteiger partial charge in [-0.15, -0.1) is 10.2 Å². The van der Waals surface area contributed by atoms with Gasteiger partial charge in [0.25, 0.3) is 0 Å². The Morgan fingerprint density at radius 2 is 1.87 bits per heavy atom. The van der Waals surface area contributed by atoms with Crippen LogP contribution in [0.5, 0.6) is 0 Å². The summed E-state index contributed by atoms with van der Waals surface area (Å²) in [5.74, 6) is 0.819. The molecule has 2 N–H and O–H groups in total. The molecular weight excluding hydrogens is 394 g/mol. The van der Waals surface area contributed by atoms with Crippen LogP contribution in [0.4, 0.5) is 5.69 Å². The molecule has 0 saturated carbocycles. The van der Waals surface area contributed by atoms with E-state index in [0.29, 0.717) is 0 Å². The number of carbonyl (C=O) groups is 1. The molecule has 1 aromatic heterocycles. The summed E-state index contributed by atoms with van der Waals surface area (Å²) in [6.45, 7) is 8.27. The van der Waals surface area contributed by atoms with Crippen LogP contribution in [-0.4, -0.2) is 26.0 Å². The van der Waals surface area contributed by atoms with E-state index in [-0.39, 0.29) is 17.2 Å². The molecule has 6 nitrogen and oxygen atoms in total. The Labute approximate surface area is 181 Å². The van der Waals surface area contributed by atoms with Crippen molar-refractivity contribution in [1.82, 2.24) is 14.9 Å². The molecule has 1 amide bonds. The smallest absolute Gasteiger partial charge is 0.240 e. The molecule has 2 aromatic carbocycles.